The highest BCUT2D eigenvalue weighted by Gasteiger charge is 2.05. The van der Waals surface area contributed by atoms with E-state index in [1.54, 1.807) is 6.92 Å². The lowest BCUT2D eigenvalue weighted by atomic mass is 10.2. The molecule has 0 radical (unpaired) electrons. The maximum atomic E-state index is 10.4. The van der Waals surface area contributed by atoms with Crippen LogP contribution in [0.15, 0.2) is 0 Å². The van der Waals surface area contributed by atoms with Crippen LogP contribution in [0.1, 0.15) is 20.3 Å². The Labute approximate surface area is 60.2 Å². The van der Waals surface area contributed by atoms with Gasteiger partial charge in [0.05, 0.1) is 0 Å². The second-order valence-corrected chi connectivity index (χ2v) is 2.01. The summed E-state index contributed by atoms with van der Waals surface area (Å²) in [6.07, 6.45) is 6.62. The van der Waals surface area contributed by atoms with E-state index in [9.17, 15) is 4.79 Å². The van der Waals surface area contributed by atoms with Gasteiger partial charge in [0.25, 0.3) is 0 Å². The minimum absolute atomic E-state index is 0.0492. The SMILES string of the molecule is C#COOC(C)CC(C)=O. The van der Waals surface area contributed by atoms with Crippen LogP contribution < -0.4 is 0 Å². The first-order valence-electron chi connectivity index (χ1n) is 2.94. The van der Waals surface area contributed by atoms with Crippen LogP contribution in [0.5, 0.6) is 0 Å². The summed E-state index contributed by atoms with van der Waals surface area (Å²) in [7, 11) is 0. The molecule has 1 unspecified atom stereocenters. The molecule has 0 aromatic heterocycles. The molecule has 0 aromatic carbocycles. The fourth-order valence-corrected chi connectivity index (χ4v) is 0.549. The zero-order valence-electron chi connectivity index (χ0n) is 6.09. The zero-order chi connectivity index (χ0) is 7.98. The predicted octanol–water partition coefficient (Wildman–Crippen LogP) is 0.893. The molecule has 1 atom stereocenters. The molecular formula is C7H10O3. The molecule has 0 amide bonds. The van der Waals surface area contributed by atoms with Crippen LogP contribution in [0.25, 0.3) is 0 Å². The van der Waals surface area contributed by atoms with E-state index in [-0.39, 0.29) is 11.9 Å². The third-order valence-electron chi connectivity index (χ3n) is 0.835. The summed E-state index contributed by atoms with van der Waals surface area (Å²) < 4.78 is 0. The molecule has 10 heavy (non-hydrogen) atoms. The number of ketones is 1. The first-order chi connectivity index (χ1) is 4.66. The van der Waals surface area contributed by atoms with Crippen molar-refractivity contribution in [1.29, 1.82) is 0 Å². The van der Waals surface area contributed by atoms with Crippen molar-refractivity contribution >= 4 is 5.78 Å². The van der Waals surface area contributed by atoms with Gasteiger partial charge in [-0.15, -0.1) is 0 Å². The summed E-state index contributed by atoms with van der Waals surface area (Å²) in [5.41, 5.74) is 0. The van der Waals surface area contributed by atoms with Crippen molar-refractivity contribution in [2.24, 2.45) is 0 Å². The molecule has 56 valence electrons. The number of hydrogen-bond acceptors (Lipinski definition) is 3. The first kappa shape index (κ1) is 8.99. The molecule has 0 fully saturated rings. The van der Waals surface area contributed by atoms with Gasteiger partial charge in [-0.25, -0.2) is 0 Å². The second-order valence-electron chi connectivity index (χ2n) is 2.01. The lowest BCUT2D eigenvalue weighted by Gasteiger charge is -2.04. The van der Waals surface area contributed by atoms with Gasteiger partial charge < -0.3 is 0 Å². The third kappa shape index (κ3) is 5.13. The van der Waals surface area contributed by atoms with Gasteiger partial charge in [0, 0.05) is 6.42 Å². The Balaban J connectivity index is 3.36. The number of rotatable bonds is 4. The average Bonchev–Trinajstić information content (AvgIpc) is 1.82. The molecule has 0 bridgehead atoms. The van der Waals surface area contributed by atoms with E-state index >= 15 is 0 Å². The molecule has 0 N–H and O–H groups in total. The van der Waals surface area contributed by atoms with Crippen LogP contribution in [-0.4, -0.2) is 11.9 Å². The zero-order valence-corrected chi connectivity index (χ0v) is 6.09. The summed E-state index contributed by atoms with van der Waals surface area (Å²) in [4.78, 5) is 19.1. The first-order valence-corrected chi connectivity index (χ1v) is 2.94. The maximum absolute atomic E-state index is 10.4. The minimum Gasteiger partial charge on any atom is -0.300 e. The number of carbonyl (C=O) groups is 1. The Morgan fingerprint density at radius 3 is 2.80 bits per heavy atom. The highest BCUT2D eigenvalue weighted by Crippen LogP contribution is 1.97. The van der Waals surface area contributed by atoms with E-state index in [0.717, 1.165) is 0 Å². The quantitative estimate of drug-likeness (QED) is 0.332. The summed E-state index contributed by atoms with van der Waals surface area (Å²) in [6, 6.07) is 0. The van der Waals surface area contributed by atoms with Gasteiger partial charge in [-0.05, 0) is 13.8 Å². The van der Waals surface area contributed by atoms with Crippen LogP contribution >= 0.6 is 0 Å². The maximum Gasteiger partial charge on any atom is 0.153 e. The minimum atomic E-state index is -0.270. The molecule has 0 aliphatic heterocycles. The van der Waals surface area contributed by atoms with Crippen molar-refractivity contribution in [3.05, 3.63) is 0 Å². The lowest BCUT2D eigenvalue weighted by Crippen LogP contribution is -2.11. The van der Waals surface area contributed by atoms with E-state index in [1.165, 1.54) is 6.92 Å². The predicted molar refractivity (Wildman–Crippen MR) is 35.8 cm³/mol. The van der Waals surface area contributed by atoms with Crippen molar-refractivity contribution in [2.45, 2.75) is 26.4 Å². The molecule has 0 spiro atoms. The molecule has 3 nitrogen and oxygen atoms in total. The number of carbonyl (C=O) groups excluding carboxylic acids is 1. The van der Waals surface area contributed by atoms with Gasteiger partial charge in [0.2, 0.25) is 0 Å². The average molecular weight is 142 g/mol. The number of Topliss-reactive ketones (excluding diaryl/α,β-unsaturated/α-hetero) is 1. The van der Waals surface area contributed by atoms with E-state index in [1.807, 2.05) is 6.11 Å². The number of hydrogen-bond donors (Lipinski definition) is 0. The number of terminal acetylenes is 1. The van der Waals surface area contributed by atoms with Crippen molar-refractivity contribution in [1.82, 2.24) is 0 Å². The summed E-state index contributed by atoms with van der Waals surface area (Å²) in [6.45, 7) is 3.19. The largest absolute Gasteiger partial charge is 0.300 e. The molecule has 0 rings (SSSR count). The highest BCUT2D eigenvalue weighted by atomic mass is 17.2. The second kappa shape index (κ2) is 4.83. The van der Waals surface area contributed by atoms with Gasteiger partial charge in [-0.1, -0.05) is 6.42 Å². The Kier molecular flexibility index (Phi) is 4.34. The summed E-state index contributed by atoms with van der Waals surface area (Å²) in [5.74, 6) is 0.0492. The molecule has 3 heteroatoms. The monoisotopic (exact) mass is 142 g/mol. The summed E-state index contributed by atoms with van der Waals surface area (Å²) in [5, 5.41) is 0. The van der Waals surface area contributed by atoms with Gasteiger partial charge in [-0.3, -0.25) is 9.68 Å². The highest BCUT2D eigenvalue weighted by molar-refractivity contribution is 5.75. The van der Waals surface area contributed by atoms with Gasteiger partial charge >= 0.3 is 0 Å². The standard InChI is InChI=1S/C7H10O3/c1-4-9-10-7(3)5-6(2)8/h1,7H,5H2,2-3H3. The Morgan fingerprint density at radius 2 is 2.40 bits per heavy atom. The normalized spacial score (nSPS) is 11.7. The Morgan fingerprint density at radius 1 is 1.80 bits per heavy atom. The van der Waals surface area contributed by atoms with Crippen molar-refractivity contribution in [3.8, 4) is 12.5 Å². The van der Waals surface area contributed by atoms with Crippen molar-refractivity contribution < 1.29 is 14.6 Å². The molecule has 0 saturated heterocycles. The van der Waals surface area contributed by atoms with E-state index in [2.05, 4.69) is 9.78 Å². The molecule has 0 heterocycles. The van der Waals surface area contributed by atoms with Gasteiger partial charge in [-0.2, -0.15) is 4.89 Å². The van der Waals surface area contributed by atoms with E-state index in [4.69, 9.17) is 6.42 Å². The summed E-state index contributed by atoms with van der Waals surface area (Å²) >= 11 is 0. The Hall–Kier alpha value is -1.01. The van der Waals surface area contributed by atoms with Crippen LogP contribution in [-0.2, 0) is 14.6 Å². The smallest absolute Gasteiger partial charge is 0.153 e. The van der Waals surface area contributed by atoms with Crippen molar-refractivity contribution in [2.75, 3.05) is 0 Å². The van der Waals surface area contributed by atoms with Crippen LogP contribution in [0.3, 0.4) is 0 Å². The van der Waals surface area contributed by atoms with Gasteiger partial charge in [0.15, 0.2) is 6.11 Å². The third-order valence-corrected chi connectivity index (χ3v) is 0.835. The topological polar surface area (TPSA) is 35.5 Å². The van der Waals surface area contributed by atoms with Crippen LogP contribution in [0, 0.1) is 12.5 Å². The van der Waals surface area contributed by atoms with Crippen LogP contribution in [0.4, 0.5) is 0 Å². The Bertz CT molecular complexity index is 145. The molecule has 0 aromatic rings. The lowest BCUT2D eigenvalue weighted by molar-refractivity contribution is -0.267. The van der Waals surface area contributed by atoms with E-state index < -0.39 is 0 Å². The fraction of sp³-hybridized carbons (Fsp3) is 0.571. The van der Waals surface area contributed by atoms with E-state index in [0.29, 0.717) is 6.42 Å². The van der Waals surface area contributed by atoms with Crippen LogP contribution in [0.2, 0.25) is 0 Å². The van der Waals surface area contributed by atoms with Crippen molar-refractivity contribution in [3.63, 3.8) is 0 Å². The fourth-order valence-electron chi connectivity index (χ4n) is 0.549. The molecule has 0 saturated carbocycles. The molecular weight excluding hydrogens is 132 g/mol. The van der Waals surface area contributed by atoms with Gasteiger partial charge in [0.1, 0.15) is 11.9 Å². The molecule has 0 aliphatic carbocycles. The molecule has 0 aliphatic rings.